The summed E-state index contributed by atoms with van der Waals surface area (Å²) >= 11 is 0. The third-order valence-electron chi connectivity index (χ3n) is 5.34. The van der Waals surface area contributed by atoms with Crippen LogP contribution in [0.15, 0.2) is 132 Å². The summed E-state index contributed by atoms with van der Waals surface area (Å²) in [6.45, 7) is 0. The minimum Gasteiger partial charge on any atom is -0.289 e. The van der Waals surface area contributed by atoms with Gasteiger partial charge in [-0.05, 0) is 34.4 Å². The lowest BCUT2D eigenvalue weighted by Crippen LogP contribution is -2.11. The van der Waals surface area contributed by atoms with Crippen LogP contribution in [0.1, 0.15) is 22.3 Å². The minimum atomic E-state index is 0.0883. The monoisotopic (exact) mass is 414 g/mol. The predicted molar refractivity (Wildman–Crippen MR) is 134 cm³/mol. The van der Waals surface area contributed by atoms with Crippen LogP contribution in [0, 0.1) is 0 Å². The van der Waals surface area contributed by atoms with Crippen molar-refractivity contribution in [1.82, 2.24) is 0 Å². The van der Waals surface area contributed by atoms with Gasteiger partial charge in [0.15, 0.2) is 5.78 Å². The molecule has 0 aliphatic heterocycles. The van der Waals surface area contributed by atoms with E-state index >= 15 is 0 Å². The summed E-state index contributed by atoms with van der Waals surface area (Å²) in [6, 6.07) is 40.5. The average Bonchev–Trinajstić information content (AvgIpc) is 2.85. The van der Waals surface area contributed by atoms with Crippen molar-refractivity contribution >= 4 is 17.9 Å². The number of carbonyl (C=O) groups is 1. The Balaban J connectivity index is 1.74. The van der Waals surface area contributed by atoms with Gasteiger partial charge in [0, 0.05) is 24.0 Å². The van der Waals surface area contributed by atoms with E-state index in [9.17, 15) is 4.79 Å². The second-order valence-electron chi connectivity index (χ2n) is 7.81. The van der Waals surface area contributed by atoms with Gasteiger partial charge in [0.05, 0.1) is 0 Å². The first-order valence-electron chi connectivity index (χ1n) is 10.9. The van der Waals surface area contributed by atoms with Gasteiger partial charge in [-0.25, -0.2) is 0 Å². The van der Waals surface area contributed by atoms with Crippen molar-refractivity contribution in [2.75, 3.05) is 0 Å². The largest absolute Gasteiger partial charge is 0.289 e. The molecule has 0 fully saturated rings. The quantitative estimate of drug-likeness (QED) is 0.278. The standard InChI is InChI=1S/C31H26O/c32-31(29(21-25-13-5-1-6-14-25)22-26-15-7-2-8-16-26)30(23-27-17-9-3-10-18-27)24-28-19-11-4-12-20-28/h1-21,23H,22,24H2/b29-21-,30-23-. The Hall–Kier alpha value is -3.97. The molecule has 0 saturated heterocycles. The highest BCUT2D eigenvalue weighted by Crippen LogP contribution is 2.22. The molecule has 0 amide bonds. The highest BCUT2D eigenvalue weighted by atomic mass is 16.1. The number of hydrogen-bond donors (Lipinski definition) is 0. The van der Waals surface area contributed by atoms with E-state index in [0.29, 0.717) is 12.8 Å². The molecule has 0 atom stereocenters. The molecule has 0 N–H and O–H groups in total. The molecule has 0 spiro atoms. The Bertz CT molecular complexity index is 1090. The molecule has 4 aromatic rings. The van der Waals surface area contributed by atoms with E-state index in [0.717, 1.165) is 33.4 Å². The van der Waals surface area contributed by atoms with Crippen molar-refractivity contribution in [3.8, 4) is 0 Å². The fourth-order valence-corrected chi connectivity index (χ4v) is 3.73. The van der Waals surface area contributed by atoms with Crippen LogP contribution in [0.25, 0.3) is 12.2 Å². The Kier molecular flexibility index (Phi) is 7.23. The minimum absolute atomic E-state index is 0.0883. The lowest BCUT2D eigenvalue weighted by molar-refractivity contribution is -0.112. The van der Waals surface area contributed by atoms with Crippen LogP contribution in [0.5, 0.6) is 0 Å². The molecule has 0 unspecified atom stereocenters. The van der Waals surface area contributed by atoms with E-state index in [1.54, 1.807) is 0 Å². The van der Waals surface area contributed by atoms with Gasteiger partial charge in [-0.2, -0.15) is 0 Å². The molecule has 0 saturated carbocycles. The molecular weight excluding hydrogens is 388 g/mol. The van der Waals surface area contributed by atoms with Crippen LogP contribution in [-0.4, -0.2) is 5.78 Å². The molecular formula is C31H26O. The molecule has 4 aromatic carbocycles. The zero-order valence-corrected chi connectivity index (χ0v) is 18.0. The van der Waals surface area contributed by atoms with E-state index < -0.39 is 0 Å². The maximum Gasteiger partial charge on any atom is 0.185 e. The third kappa shape index (κ3) is 6.02. The van der Waals surface area contributed by atoms with Crippen LogP contribution in [-0.2, 0) is 17.6 Å². The van der Waals surface area contributed by atoms with Gasteiger partial charge in [-0.3, -0.25) is 4.79 Å². The van der Waals surface area contributed by atoms with E-state index in [1.165, 1.54) is 0 Å². The Morgan fingerprint density at radius 3 is 1.12 bits per heavy atom. The fraction of sp³-hybridized carbons (Fsp3) is 0.0645. The fourth-order valence-electron chi connectivity index (χ4n) is 3.73. The summed E-state index contributed by atoms with van der Waals surface area (Å²) in [5, 5.41) is 0. The third-order valence-corrected chi connectivity index (χ3v) is 5.34. The first kappa shape index (κ1) is 21.3. The lowest BCUT2D eigenvalue weighted by atomic mass is 9.90. The van der Waals surface area contributed by atoms with Crippen molar-refractivity contribution < 1.29 is 4.79 Å². The highest BCUT2D eigenvalue weighted by Gasteiger charge is 2.17. The van der Waals surface area contributed by atoms with Crippen molar-refractivity contribution in [2.45, 2.75) is 12.8 Å². The maximum absolute atomic E-state index is 13.9. The summed E-state index contributed by atoms with van der Waals surface area (Å²) in [6.07, 6.45) is 5.24. The van der Waals surface area contributed by atoms with Crippen molar-refractivity contribution in [1.29, 1.82) is 0 Å². The lowest BCUT2D eigenvalue weighted by Gasteiger charge is -2.12. The molecule has 156 valence electrons. The average molecular weight is 415 g/mol. The smallest absolute Gasteiger partial charge is 0.185 e. The van der Waals surface area contributed by atoms with Crippen molar-refractivity contribution in [3.05, 3.63) is 155 Å². The molecule has 0 aromatic heterocycles. The van der Waals surface area contributed by atoms with Gasteiger partial charge in [0.1, 0.15) is 0 Å². The van der Waals surface area contributed by atoms with Crippen molar-refractivity contribution in [2.24, 2.45) is 0 Å². The van der Waals surface area contributed by atoms with Gasteiger partial charge in [-0.1, -0.05) is 121 Å². The highest BCUT2D eigenvalue weighted by molar-refractivity contribution is 6.13. The predicted octanol–water partition coefficient (Wildman–Crippen LogP) is 7.21. The number of Topliss-reactive ketones (excluding diaryl/α,β-unsaturated/α-hetero) is 1. The molecule has 1 nitrogen and oxygen atoms in total. The van der Waals surface area contributed by atoms with Crippen molar-refractivity contribution in [3.63, 3.8) is 0 Å². The summed E-state index contributed by atoms with van der Waals surface area (Å²) < 4.78 is 0. The van der Waals surface area contributed by atoms with Crippen LogP contribution in [0.3, 0.4) is 0 Å². The molecule has 0 bridgehead atoms. The molecule has 0 heterocycles. The summed E-state index contributed by atoms with van der Waals surface area (Å²) in [5.41, 5.74) is 5.90. The molecule has 4 rings (SSSR count). The van der Waals surface area contributed by atoms with Crippen LogP contribution in [0.4, 0.5) is 0 Å². The normalized spacial score (nSPS) is 11.9. The van der Waals surface area contributed by atoms with Crippen LogP contribution >= 0.6 is 0 Å². The second-order valence-corrected chi connectivity index (χ2v) is 7.81. The first-order valence-corrected chi connectivity index (χ1v) is 10.9. The Morgan fingerprint density at radius 1 is 0.469 bits per heavy atom. The summed E-state index contributed by atoms with van der Waals surface area (Å²) in [4.78, 5) is 13.9. The van der Waals surface area contributed by atoms with E-state index in [4.69, 9.17) is 0 Å². The number of allylic oxidation sites excluding steroid dienone is 2. The number of carbonyl (C=O) groups excluding carboxylic acids is 1. The van der Waals surface area contributed by atoms with E-state index in [1.807, 2.05) is 109 Å². The number of hydrogen-bond acceptors (Lipinski definition) is 1. The first-order chi connectivity index (χ1) is 15.8. The van der Waals surface area contributed by atoms with Gasteiger partial charge >= 0.3 is 0 Å². The number of benzene rings is 4. The topological polar surface area (TPSA) is 17.1 Å². The Labute approximate surface area is 190 Å². The molecule has 1 heteroatoms. The SMILES string of the molecule is O=C(/C(=C\c1ccccc1)Cc1ccccc1)/C(=C\c1ccccc1)Cc1ccccc1. The summed E-state index contributed by atoms with van der Waals surface area (Å²) in [7, 11) is 0. The van der Waals surface area contributed by atoms with Gasteiger partial charge in [0.25, 0.3) is 0 Å². The second kappa shape index (κ2) is 10.9. The number of rotatable bonds is 8. The molecule has 0 aliphatic carbocycles. The zero-order chi connectivity index (χ0) is 22.0. The summed E-state index contributed by atoms with van der Waals surface area (Å²) in [5.74, 6) is 0.0883. The molecule has 32 heavy (non-hydrogen) atoms. The van der Waals surface area contributed by atoms with E-state index in [2.05, 4.69) is 24.3 Å². The zero-order valence-electron chi connectivity index (χ0n) is 18.0. The van der Waals surface area contributed by atoms with Gasteiger partial charge < -0.3 is 0 Å². The van der Waals surface area contributed by atoms with Crippen LogP contribution < -0.4 is 0 Å². The molecule has 0 aliphatic rings. The van der Waals surface area contributed by atoms with Gasteiger partial charge in [-0.15, -0.1) is 0 Å². The van der Waals surface area contributed by atoms with E-state index in [-0.39, 0.29) is 5.78 Å². The maximum atomic E-state index is 13.9. The van der Waals surface area contributed by atoms with Crippen LogP contribution in [0.2, 0.25) is 0 Å². The van der Waals surface area contributed by atoms with Gasteiger partial charge in [0.2, 0.25) is 0 Å². The molecule has 0 radical (unpaired) electrons. The number of ketones is 1. The Morgan fingerprint density at radius 2 is 0.781 bits per heavy atom.